The van der Waals surface area contributed by atoms with Gasteiger partial charge in [-0.1, -0.05) is 79.1 Å². The molecule has 24 heavy (non-hydrogen) atoms. The van der Waals surface area contributed by atoms with E-state index in [1.807, 2.05) is 0 Å². The van der Waals surface area contributed by atoms with Crippen LogP contribution in [0.3, 0.4) is 0 Å². The van der Waals surface area contributed by atoms with Gasteiger partial charge in [-0.15, -0.1) is 0 Å². The third kappa shape index (κ3) is 8.88. The first-order chi connectivity index (χ1) is 11.4. The first-order valence-corrected chi connectivity index (χ1v) is 11.1. The van der Waals surface area contributed by atoms with Crippen LogP contribution in [0.1, 0.15) is 118 Å². The summed E-state index contributed by atoms with van der Waals surface area (Å²) >= 11 is 0. The summed E-state index contributed by atoms with van der Waals surface area (Å²) in [5.41, 5.74) is 1.27. The highest BCUT2D eigenvalue weighted by molar-refractivity contribution is 4.90. The molecule has 0 aliphatic heterocycles. The molecular formula is C23H47N. The molecular weight excluding hydrogens is 290 g/mol. The maximum absolute atomic E-state index is 3.30. The number of unbranched alkanes of at least 4 members (excludes halogenated alkanes) is 4. The molecule has 0 aromatic heterocycles. The van der Waals surface area contributed by atoms with Crippen molar-refractivity contribution in [3.05, 3.63) is 0 Å². The summed E-state index contributed by atoms with van der Waals surface area (Å²) in [6, 6.07) is 0. The molecule has 1 N–H and O–H groups in total. The summed E-state index contributed by atoms with van der Waals surface area (Å²) in [5.74, 6) is 0.931. The van der Waals surface area contributed by atoms with Crippen molar-refractivity contribution in [1.82, 2.24) is 5.32 Å². The summed E-state index contributed by atoms with van der Waals surface area (Å²) in [6.07, 6.45) is 20.2. The summed E-state index contributed by atoms with van der Waals surface area (Å²) in [4.78, 5) is 0. The van der Waals surface area contributed by atoms with E-state index in [4.69, 9.17) is 0 Å². The molecule has 1 heteroatoms. The molecule has 144 valence electrons. The minimum atomic E-state index is 0.597. The number of hydrogen-bond acceptors (Lipinski definition) is 1. The Hall–Kier alpha value is -0.0400. The Morgan fingerprint density at radius 1 is 1.00 bits per heavy atom. The van der Waals surface area contributed by atoms with Gasteiger partial charge in [-0.25, -0.2) is 0 Å². The lowest BCUT2D eigenvalue weighted by atomic mass is 9.60. The van der Waals surface area contributed by atoms with Crippen molar-refractivity contribution in [3.8, 4) is 0 Å². The van der Waals surface area contributed by atoms with Crippen LogP contribution in [0.5, 0.6) is 0 Å². The van der Waals surface area contributed by atoms with Crippen LogP contribution in [0.4, 0.5) is 0 Å². The fourth-order valence-corrected chi connectivity index (χ4v) is 4.75. The Morgan fingerprint density at radius 3 is 2.17 bits per heavy atom. The van der Waals surface area contributed by atoms with Gasteiger partial charge >= 0.3 is 0 Å². The van der Waals surface area contributed by atoms with Crippen molar-refractivity contribution < 1.29 is 0 Å². The topological polar surface area (TPSA) is 12.0 Å². The summed E-state index contributed by atoms with van der Waals surface area (Å²) < 4.78 is 0. The first kappa shape index (κ1) is 22.0. The van der Waals surface area contributed by atoms with Crippen LogP contribution in [0.2, 0.25) is 0 Å². The molecule has 0 spiro atoms. The van der Waals surface area contributed by atoms with Gasteiger partial charge in [0.1, 0.15) is 0 Å². The van der Waals surface area contributed by atoms with E-state index in [-0.39, 0.29) is 0 Å². The monoisotopic (exact) mass is 337 g/mol. The van der Waals surface area contributed by atoms with E-state index < -0.39 is 0 Å². The van der Waals surface area contributed by atoms with Crippen molar-refractivity contribution in [2.24, 2.45) is 16.7 Å². The second kappa shape index (κ2) is 11.6. The van der Waals surface area contributed by atoms with Crippen molar-refractivity contribution in [2.45, 2.75) is 118 Å². The van der Waals surface area contributed by atoms with Crippen LogP contribution in [0, 0.1) is 16.7 Å². The standard InChI is InChI=1S/C23H47N/c1-6-21(2)14-9-7-8-10-15-22(3,16-11-12-19-24-5)20-23(4)17-13-18-23/h21,24H,6-20H2,1-5H3. The second-order valence-corrected chi connectivity index (χ2v) is 9.68. The number of hydrogen-bond donors (Lipinski definition) is 1. The minimum absolute atomic E-state index is 0.597. The molecule has 0 bridgehead atoms. The molecule has 2 atom stereocenters. The van der Waals surface area contributed by atoms with E-state index in [9.17, 15) is 0 Å². The van der Waals surface area contributed by atoms with E-state index in [1.165, 1.54) is 96.4 Å². The van der Waals surface area contributed by atoms with Crippen LogP contribution >= 0.6 is 0 Å². The zero-order chi connectivity index (χ0) is 17.9. The Labute approximate surface area is 153 Å². The van der Waals surface area contributed by atoms with E-state index in [2.05, 4.69) is 40.1 Å². The maximum Gasteiger partial charge on any atom is -0.00519 e. The molecule has 0 amide bonds. The average molecular weight is 338 g/mol. The van der Waals surface area contributed by atoms with Gasteiger partial charge in [0.25, 0.3) is 0 Å². The SMILES string of the molecule is CCC(C)CCCCCCC(C)(CCCCNC)CC1(C)CCC1. The fourth-order valence-electron chi connectivity index (χ4n) is 4.75. The van der Waals surface area contributed by atoms with Gasteiger partial charge in [-0.2, -0.15) is 0 Å². The molecule has 1 fully saturated rings. The number of nitrogens with one attached hydrogen (secondary N) is 1. The van der Waals surface area contributed by atoms with Crippen molar-refractivity contribution >= 4 is 0 Å². The van der Waals surface area contributed by atoms with Crippen molar-refractivity contribution in [2.75, 3.05) is 13.6 Å². The quantitative estimate of drug-likeness (QED) is 0.308. The minimum Gasteiger partial charge on any atom is -0.320 e. The third-order valence-electron chi connectivity index (χ3n) is 6.80. The molecule has 1 saturated carbocycles. The van der Waals surface area contributed by atoms with Crippen molar-refractivity contribution in [3.63, 3.8) is 0 Å². The van der Waals surface area contributed by atoms with E-state index in [1.54, 1.807) is 0 Å². The first-order valence-electron chi connectivity index (χ1n) is 11.1. The zero-order valence-corrected chi connectivity index (χ0v) is 17.7. The van der Waals surface area contributed by atoms with Gasteiger partial charge in [-0.05, 0) is 68.9 Å². The normalized spacial score (nSPS) is 20.4. The van der Waals surface area contributed by atoms with Gasteiger partial charge in [0.05, 0.1) is 0 Å². The Bertz CT molecular complexity index is 307. The van der Waals surface area contributed by atoms with Gasteiger partial charge in [0.15, 0.2) is 0 Å². The predicted molar refractivity (Wildman–Crippen MR) is 110 cm³/mol. The number of rotatable bonds is 15. The molecule has 1 rings (SSSR count). The van der Waals surface area contributed by atoms with Gasteiger partial charge in [-0.3, -0.25) is 0 Å². The molecule has 1 aliphatic carbocycles. The van der Waals surface area contributed by atoms with Crippen LogP contribution < -0.4 is 5.32 Å². The molecule has 0 radical (unpaired) electrons. The Kier molecular flexibility index (Phi) is 10.6. The predicted octanol–water partition coefficient (Wildman–Crippen LogP) is 7.35. The summed E-state index contributed by atoms with van der Waals surface area (Å²) in [6.45, 7) is 11.1. The third-order valence-corrected chi connectivity index (χ3v) is 6.80. The lowest BCUT2D eigenvalue weighted by Gasteiger charge is -2.46. The van der Waals surface area contributed by atoms with Gasteiger partial charge in [0, 0.05) is 0 Å². The second-order valence-electron chi connectivity index (χ2n) is 9.68. The van der Waals surface area contributed by atoms with Gasteiger partial charge in [0.2, 0.25) is 0 Å². The zero-order valence-electron chi connectivity index (χ0n) is 17.7. The van der Waals surface area contributed by atoms with Gasteiger partial charge < -0.3 is 5.32 Å². The van der Waals surface area contributed by atoms with E-state index >= 15 is 0 Å². The molecule has 0 heterocycles. The van der Waals surface area contributed by atoms with Crippen LogP contribution in [-0.4, -0.2) is 13.6 Å². The highest BCUT2D eigenvalue weighted by Gasteiger charge is 2.38. The Morgan fingerprint density at radius 2 is 1.62 bits per heavy atom. The molecule has 1 aliphatic rings. The summed E-state index contributed by atoms with van der Waals surface area (Å²) in [7, 11) is 2.08. The molecule has 0 saturated heterocycles. The van der Waals surface area contributed by atoms with Crippen LogP contribution in [-0.2, 0) is 0 Å². The smallest absolute Gasteiger partial charge is 0.00519 e. The lowest BCUT2D eigenvalue weighted by molar-refractivity contribution is 0.0611. The summed E-state index contributed by atoms with van der Waals surface area (Å²) in [5, 5.41) is 3.30. The van der Waals surface area contributed by atoms with E-state index in [0.29, 0.717) is 10.8 Å². The van der Waals surface area contributed by atoms with Crippen molar-refractivity contribution in [1.29, 1.82) is 0 Å². The maximum atomic E-state index is 3.30. The van der Waals surface area contributed by atoms with E-state index in [0.717, 1.165) is 5.92 Å². The van der Waals surface area contributed by atoms with Crippen LogP contribution in [0.25, 0.3) is 0 Å². The molecule has 2 unspecified atom stereocenters. The fraction of sp³-hybridized carbons (Fsp3) is 1.00. The van der Waals surface area contributed by atoms with Crippen LogP contribution in [0.15, 0.2) is 0 Å². The molecule has 0 aromatic carbocycles. The average Bonchev–Trinajstić information content (AvgIpc) is 2.53. The lowest BCUT2D eigenvalue weighted by Crippen LogP contribution is -2.33. The highest BCUT2D eigenvalue weighted by Crippen LogP contribution is 2.51. The molecule has 0 aromatic rings. The Balaban J connectivity index is 2.29. The highest BCUT2D eigenvalue weighted by atomic mass is 14.8. The largest absolute Gasteiger partial charge is 0.320 e. The molecule has 1 nitrogen and oxygen atoms in total.